The van der Waals surface area contributed by atoms with Gasteiger partial charge in [-0.05, 0) is 42.7 Å². The zero-order valence-corrected chi connectivity index (χ0v) is 13.3. The van der Waals surface area contributed by atoms with Crippen LogP contribution in [0.3, 0.4) is 0 Å². The van der Waals surface area contributed by atoms with E-state index in [1.165, 1.54) is 0 Å². The van der Waals surface area contributed by atoms with E-state index < -0.39 is 0 Å². The molecule has 4 aromatic rings. The van der Waals surface area contributed by atoms with Crippen LogP contribution >= 0.6 is 0 Å². The number of aromatic nitrogens is 2. The summed E-state index contributed by atoms with van der Waals surface area (Å²) >= 11 is 0. The fourth-order valence-electron chi connectivity index (χ4n) is 2.97. The molecule has 0 atom stereocenters. The third kappa shape index (κ3) is 2.59. The Morgan fingerprint density at radius 1 is 0.913 bits per heavy atom. The van der Waals surface area contributed by atoms with E-state index >= 15 is 0 Å². The molecule has 0 bridgehead atoms. The third-order valence-corrected chi connectivity index (χ3v) is 4.01. The summed E-state index contributed by atoms with van der Waals surface area (Å²) in [6.07, 6.45) is 2.62. The van der Waals surface area contributed by atoms with E-state index in [0.717, 1.165) is 45.3 Å². The van der Waals surface area contributed by atoms with Crippen molar-refractivity contribution in [2.24, 2.45) is 5.92 Å². The molecule has 0 N–H and O–H groups in total. The van der Waals surface area contributed by atoms with Crippen molar-refractivity contribution < 1.29 is 4.42 Å². The second-order valence-corrected chi connectivity index (χ2v) is 6.30. The number of fused-ring (bicyclic) bond motifs is 3. The molecule has 23 heavy (non-hydrogen) atoms. The predicted octanol–water partition coefficient (Wildman–Crippen LogP) is 5.24. The van der Waals surface area contributed by atoms with Crippen LogP contribution in [0, 0.1) is 5.92 Å². The highest BCUT2D eigenvalue weighted by atomic mass is 16.3. The Labute approximate surface area is 135 Å². The summed E-state index contributed by atoms with van der Waals surface area (Å²) in [6, 6.07) is 16.5. The Hall–Kier alpha value is -2.68. The van der Waals surface area contributed by atoms with E-state index in [0.29, 0.717) is 5.92 Å². The van der Waals surface area contributed by atoms with Crippen molar-refractivity contribution in [2.75, 3.05) is 0 Å². The van der Waals surface area contributed by atoms with Crippen LogP contribution in [0.5, 0.6) is 0 Å². The van der Waals surface area contributed by atoms with Gasteiger partial charge in [0.25, 0.3) is 0 Å². The van der Waals surface area contributed by atoms with Crippen LogP contribution in [0.4, 0.5) is 0 Å². The van der Waals surface area contributed by atoms with E-state index in [4.69, 9.17) is 4.42 Å². The van der Waals surface area contributed by atoms with Gasteiger partial charge in [-0.25, -0.2) is 9.97 Å². The number of benzene rings is 2. The van der Waals surface area contributed by atoms with E-state index in [9.17, 15) is 0 Å². The highest BCUT2D eigenvalue weighted by Gasteiger charge is 2.09. The molecule has 4 rings (SSSR count). The minimum Gasteiger partial charge on any atom is -0.456 e. The lowest BCUT2D eigenvalue weighted by molar-refractivity contribution is 0.634. The van der Waals surface area contributed by atoms with Gasteiger partial charge in [-0.3, -0.25) is 0 Å². The van der Waals surface area contributed by atoms with Gasteiger partial charge in [-0.1, -0.05) is 32.0 Å². The lowest BCUT2D eigenvalue weighted by Gasteiger charge is -2.06. The van der Waals surface area contributed by atoms with Gasteiger partial charge in [0.05, 0.1) is 5.69 Å². The SMILES string of the molecule is CC(C)Cc1cc(-c2ccc3oc4ccccc4c3c2)ncn1. The van der Waals surface area contributed by atoms with E-state index in [-0.39, 0.29) is 0 Å². The normalized spacial score (nSPS) is 11.6. The van der Waals surface area contributed by atoms with Crippen molar-refractivity contribution in [1.82, 2.24) is 9.97 Å². The Kier molecular flexibility index (Phi) is 3.34. The first kappa shape index (κ1) is 13.9. The predicted molar refractivity (Wildman–Crippen MR) is 93.3 cm³/mol. The van der Waals surface area contributed by atoms with Crippen LogP contribution < -0.4 is 0 Å². The molecule has 0 saturated heterocycles. The molecule has 0 aliphatic carbocycles. The molecule has 0 fully saturated rings. The smallest absolute Gasteiger partial charge is 0.135 e. The fourth-order valence-corrected chi connectivity index (χ4v) is 2.97. The third-order valence-electron chi connectivity index (χ3n) is 4.01. The van der Waals surface area contributed by atoms with E-state index in [1.807, 2.05) is 24.3 Å². The second-order valence-electron chi connectivity index (χ2n) is 6.30. The Morgan fingerprint density at radius 2 is 1.74 bits per heavy atom. The van der Waals surface area contributed by atoms with Crippen molar-refractivity contribution in [3.63, 3.8) is 0 Å². The minimum absolute atomic E-state index is 0.582. The second kappa shape index (κ2) is 5.51. The first-order valence-electron chi connectivity index (χ1n) is 7.93. The topological polar surface area (TPSA) is 38.9 Å². The lowest BCUT2D eigenvalue weighted by Crippen LogP contribution is -1.98. The quantitative estimate of drug-likeness (QED) is 0.519. The van der Waals surface area contributed by atoms with E-state index in [1.54, 1.807) is 6.33 Å². The molecule has 0 aliphatic heterocycles. The molecule has 2 aromatic heterocycles. The minimum atomic E-state index is 0.582. The number of hydrogen-bond donors (Lipinski definition) is 0. The van der Waals surface area contributed by atoms with Crippen molar-refractivity contribution in [2.45, 2.75) is 20.3 Å². The average molecular weight is 302 g/mol. The van der Waals surface area contributed by atoms with Gasteiger partial charge in [0, 0.05) is 22.0 Å². The maximum Gasteiger partial charge on any atom is 0.135 e. The first-order chi connectivity index (χ1) is 11.2. The maximum absolute atomic E-state index is 5.89. The van der Waals surface area contributed by atoms with Crippen LogP contribution in [0.2, 0.25) is 0 Å². The highest BCUT2D eigenvalue weighted by molar-refractivity contribution is 6.06. The summed E-state index contributed by atoms with van der Waals surface area (Å²) in [5.74, 6) is 0.582. The highest BCUT2D eigenvalue weighted by Crippen LogP contribution is 2.31. The van der Waals surface area contributed by atoms with Crippen LogP contribution in [0.1, 0.15) is 19.5 Å². The number of nitrogens with zero attached hydrogens (tertiary/aromatic N) is 2. The zero-order chi connectivity index (χ0) is 15.8. The molecule has 0 radical (unpaired) electrons. The van der Waals surface area contributed by atoms with Crippen molar-refractivity contribution >= 4 is 21.9 Å². The summed E-state index contributed by atoms with van der Waals surface area (Å²) < 4.78 is 5.89. The summed E-state index contributed by atoms with van der Waals surface area (Å²) in [5, 5.41) is 2.27. The molecular weight excluding hydrogens is 284 g/mol. The molecule has 0 aliphatic rings. The van der Waals surface area contributed by atoms with Crippen LogP contribution in [0.15, 0.2) is 59.3 Å². The molecule has 2 heterocycles. The largest absolute Gasteiger partial charge is 0.456 e. The lowest BCUT2D eigenvalue weighted by atomic mass is 10.0. The molecule has 2 aromatic carbocycles. The molecule has 3 heteroatoms. The average Bonchev–Trinajstić information content (AvgIpc) is 2.92. The fraction of sp³-hybridized carbons (Fsp3) is 0.200. The zero-order valence-electron chi connectivity index (χ0n) is 13.3. The van der Waals surface area contributed by atoms with Crippen LogP contribution in [0.25, 0.3) is 33.2 Å². The molecule has 114 valence electrons. The van der Waals surface area contributed by atoms with Gasteiger partial charge in [0.2, 0.25) is 0 Å². The Morgan fingerprint density at radius 3 is 2.61 bits per heavy atom. The number of furan rings is 1. The Bertz CT molecular complexity index is 985. The van der Waals surface area contributed by atoms with Gasteiger partial charge in [-0.15, -0.1) is 0 Å². The molecule has 0 saturated carbocycles. The van der Waals surface area contributed by atoms with Crippen molar-refractivity contribution in [3.05, 3.63) is 60.6 Å². The Balaban J connectivity index is 1.84. The monoisotopic (exact) mass is 302 g/mol. The first-order valence-corrected chi connectivity index (χ1v) is 7.93. The molecule has 0 spiro atoms. The number of para-hydroxylation sites is 1. The number of rotatable bonds is 3. The molecule has 0 amide bonds. The standard InChI is InChI=1S/C20H18N2O/c1-13(2)9-15-11-18(22-12-21-15)14-7-8-20-17(10-14)16-5-3-4-6-19(16)23-20/h3-8,10-13H,9H2,1-2H3. The van der Waals surface area contributed by atoms with Gasteiger partial charge < -0.3 is 4.42 Å². The molecule has 0 unspecified atom stereocenters. The summed E-state index contributed by atoms with van der Waals surface area (Å²) in [7, 11) is 0. The van der Waals surface area contributed by atoms with E-state index in [2.05, 4.69) is 48.1 Å². The van der Waals surface area contributed by atoms with Crippen molar-refractivity contribution in [1.29, 1.82) is 0 Å². The summed E-state index contributed by atoms with van der Waals surface area (Å²) in [6.45, 7) is 4.40. The van der Waals surface area contributed by atoms with Crippen LogP contribution in [-0.2, 0) is 6.42 Å². The molecule has 3 nitrogen and oxygen atoms in total. The van der Waals surface area contributed by atoms with Crippen molar-refractivity contribution in [3.8, 4) is 11.3 Å². The van der Waals surface area contributed by atoms with Gasteiger partial charge in [0.1, 0.15) is 17.5 Å². The maximum atomic E-state index is 5.89. The van der Waals surface area contributed by atoms with Crippen LogP contribution in [-0.4, -0.2) is 9.97 Å². The summed E-state index contributed by atoms with van der Waals surface area (Å²) in [4.78, 5) is 8.82. The van der Waals surface area contributed by atoms with Gasteiger partial charge in [-0.2, -0.15) is 0 Å². The number of hydrogen-bond acceptors (Lipinski definition) is 3. The summed E-state index contributed by atoms with van der Waals surface area (Å²) in [5.41, 5.74) is 4.97. The van der Waals surface area contributed by atoms with Gasteiger partial charge >= 0.3 is 0 Å². The molecular formula is C20H18N2O. The van der Waals surface area contributed by atoms with Gasteiger partial charge in [0.15, 0.2) is 0 Å².